The summed E-state index contributed by atoms with van der Waals surface area (Å²) in [6, 6.07) is 3.55. The number of carbonyl (C=O) groups excluding carboxylic acids is 2. The molecule has 2 amide bonds. The fraction of sp³-hybridized carbons (Fsp3) is 0.591. The molecule has 0 aromatic heterocycles. The summed E-state index contributed by atoms with van der Waals surface area (Å²) in [6.07, 6.45) is 8.53. The fourth-order valence-electron chi connectivity index (χ4n) is 3.33. The molecule has 1 aliphatic rings. The van der Waals surface area contributed by atoms with E-state index in [-0.39, 0.29) is 22.9 Å². The zero-order valence-electron chi connectivity index (χ0n) is 18.4. The minimum absolute atomic E-state index is 0.0347. The number of anilines is 2. The van der Waals surface area contributed by atoms with Crippen LogP contribution in [0.4, 0.5) is 11.4 Å². The average Bonchev–Trinajstić information content (AvgIpc) is 3.27. The van der Waals surface area contributed by atoms with E-state index in [1.165, 1.54) is 42.8 Å². The van der Waals surface area contributed by atoms with Gasteiger partial charge in [0, 0.05) is 18.0 Å². The summed E-state index contributed by atoms with van der Waals surface area (Å²) >= 11 is 3.09. The highest BCUT2D eigenvalue weighted by atomic mass is 32.2. The van der Waals surface area contributed by atoms with E-state index >= 15 is 0 Å². The van der Waals surface area contributed by atoms with Crippen molar-refractivity contribution in [1.29, 1.82) is 0 Å². The van der Waals surface area contributed by atoms with Gasteiger partial charge in [0.2, 0.25) is 11.8 Å². The smallest absolute Gasteiger partial charge is 0.335 e. The van der Waals surface area contributed by atoms with Gasteiger partial charge in [-0.15, -0.1) is 0 Å². The standard InChI is InChI=1S/C22H33N3O5S2/c1-31-10-7-19(23)21(27)25-17-12-15(22(28)29)11-16(13-17)24-20(26)14-32-9-4-8-30-18-5-2-3-6-18/h11-13,18-19H,2-10,14,23H2,1H3,(H,24,26)(H,25,27)(H,28,29). The van der Waals surface area contributed by atoms with Crippen molar-refractivity contribution in [2.24, 2.45) is 5.73 Å². The van der Waals surface area contributed by atoms with Crippen LogP contribution in [0.15, 0.2) is 18.2 Å². The maximum absolute atomic E-state index is 12.3. The molecule has 0 aliphatic heterocycles. The van der Waals surface area contributed by atoms with Crippen LogP contribution in [0.1, 0.15) is 48.9 Å². The lowest BCUT2D eigenvalue weighted by atomic mass is 10.1. The maximum atomic E-state index is 12.3. The number of nitrogens with two attached hydrogens (primary N) is 1. The summed E-state index contributed by atoms with van der Waals surface area (Å²) < 4.78 is 5.81. The summed E-state index contributed by atoms with van der Waals surface area (Å²) in [5, 5.41) is 14.7. The first-order valence-corrected chi connectivity index (χ1v) is 13.4. The number of hydrogen-bond donors (Lipinski definition) is 4. The molecular weight excluding hydrogens is 450 g/mol. The Morgan fingerprint density at radius 3 is 2.50 bits per heavy atom. The van der Waals surface area contributed by atoms with Gasteiger partial charge in [-0.1, -0.05) is 12.8 Å². The normalized spacial score (nSPS) is 14.8. The Morgan fingerprint density at radius 2 is 1.84 bits per heavy atom. The van der Waals surface area contributed by atoms with Gasteiger partial charge in [0.15, 0.2) is 0 Å². The summed E-state index contributed by atoms with van der Waals surface area (Å²) in [4.78, 5) is 36.0. The van der Waals surface area contributed by atoms with Crippen molar-refractivity contribution >= 4 is 52.7 Å². The summed E-state index contributed by atoms with van der Waals surface area (Å²) in [5.74, 6) is 0.0273. The van der Waals surface area contributed by atoms with E-state index in [0.717, 1.165) is 30.8 Å². The van der Waals surface area contributed by atoms with Crippen molar-refractivity contribution < 1.29 is 24.2 Å². The summed E-state index contributed by atoms with van der Waals surface area (Å²) in [7, 11) is 0. The van der Waals surface area contributed by atoms with Crippen molar-refractivity contribution in [2.75, 3.05) is 40.8 Å². The van der Waals surface area contributed by atoms with Gasteiger partial charge in [0.1, 0.15) is 0 Å². The van der Waals surface area contributed by atoms with Crippen molar-refractivity contribution in [1.82, 2.24) is 0 Å². The number of rotatable bonds is 14. The lowest BCUT2D eigenvalue weighted by molar-refractivity contribution is -0.117. The van der Waals surface area contributed by atoms with Crippen LogP contribution in [0, 0.1) is 0 Å². The number of aromatic carboxylic acids is 1. The van der Waals surface area contributed by atoms with Crippen LogP contribution >= 0.6 is 23.5 Å². The minimum Gasteiger partial charge on any atom is -0.478 e. The second-order valence-corrected chi connectivity index (χ2v) is 9.80. The zero-order chi connectivity index (χ0) is 23.3. The van der Waals surface area contributed by atoms with Gasteiger partial charge in [-0.3, -0.25) is 9.59 Å². The molecule has 32 heavy (non-hydrogen) atoms. The molecule has 8 nitrogen and oxygen atoms in total. The largest absolute Gasteiger partial charge is 0.478 e. The third-order valence-corrected chi connectivity index (χ3v) is 6.71. The number of nitrogens with one attached hydrogen (secondary N) is 2. The topological polar surface area (TPSA) is 131 Å². The van der Waals surface area contributed by atoms with Gasteiger partial charge in [-0.05, 0) is 61.6 Å². The van der Waals surface area contributed by atoms with Crippen LogP contribution in [0.5, 0.6) is 0 Å². The van der Waals surface area contributed by atoms with Crippen molar-refractivity contribution in [3.05, 3.63) is 23.8 Å². The molecule has 2 rings (SSSR count). The van der Waals surface area contributed by atoms with Gasteiger partial charge in [0.25, 0.3) is 0 Å². The number of carboxylic acids is 1. The number of hydrogen-bond acceptors (Lipinski definition) is 7. The lowest BCUT2D eigenvalue weighted by Crippen LogP contribution is -2.36. The SMILES string of the molecule is CSCCC(N)C(=O)Nc1cc(NC(=O)CSCCCOC2CCCC2)cc(C(=O)O)c1. The first kappa shape index (κ1) is 26.5. The van der Waals surface area contributed by atoms with Crippen molar-refractivity contribution in [3.63, 3.8) is 0 Å². The van der Waals surface area contributed by atoms with Crippen LogP contribution in [0.25, 0.3) is 0 Å². The van der Waals surface area contributed by atoms with E-state index in [9.17, 15) is 19.5 Å². The maximum Gasteiger partial charge on any atom is 0.335 e. The molecule has 0 saturated heterocycles. The second-order valence-electron chi connectivity index (χ2n) is 7.71. The molecule has 0 bridgehead atoms. The molecule has 1 fully saturated rings. The molecule has 10 heteroatoms. The number of carboxylic acid groups (broad SMARTS) is 1. The molecule has 5 N–H and O–H groups in total. The number of thioether (sulfide) groups is 2. The molecule has 1 aromatic rings. The molecule has 0 heterocycles. The van der Waals surface area contributed by atoms with E-state index in [2.05, 4.69) is 10.6 Å². The van der Waals surface area contributed by atoms with Gasteiger partial charge in [0.05, 0.1) is 23.5 Å². The van der Waals surface area contributed by atoms with E-state index in [4.69, 9.17) is 10.5 Å². The summed E-state index contributed by atoms with van der Waals surface area (Å²) in [5.41, 5.74) is 6.43. The van der Waals surface area contributed by atoms with Crippen LogP contribution < -0.4 is 16.4 Å². The molecule has 178 valence electrons. The highest BCUT2D eigenvalue weighted by molar-refractivity contribution is 7.99. The molecule has 1 aliphatic carbocycles. The second kappa shape index (κ2) is 14.4. The number of carbonyl (C=O) groups is 3. The van der Waals surface area contributed by atoms with Gasteiger partial charge in [-0.25, -0.2) is 4.79 Å². The highest BCUT2D eigenvalue weighted by Gasteiger charge is 2.16. The first-order chi connectivity index (χ1) is 15.4. The molecule has 1 atom stereocenters. The van der Waals surface area contributed by atoms with Crippen LogP contribution in [0.2, 0.25) is 0 Å². The average molecular weight is 484 g/mol. The Balaban J connectivity index is 1.81. The predicted octanol–water partition coefficient (Wildman–Crippen LogP) is 3.42. The quantitative estimate of drug-likeness (QED) is 0.296. The molecule has 1 unspecified atom stereocenters. The molecular formula is C22H33N3O5S2. The van der Waals surface area contributed by atoms with Gasteiger partial charge in [-0.2, -0.15) is 23.5 Å². The Hall–Kier alpha value is -1.75. The van der Waals surface area contributed by atoms with Crippen molar-refractivity contribution in [3.8, 4) is 0 Å². The van der Waals surface area contributed by atoms with Crippen LogP contribution in [-0.2, 0) is 14.3 Å². The number of amides is 2. The number of ether oxygens (including phenoxy) is 1. The minimum atomic E-state index is -1.15. The van der Waals surface area contributed by atoms with Gasteiger partial charge < -0.3 is 26.2 Å². The van der Waals surface area contributed by atoms with Crippen LogP contribution in [-0.4, -0.2) is 65.2 Å². The first-order valence-electron chi connectivity index (χ1n) is 10.8. The fourth-order valence-corrected chi connectivity index (χ4v) is 4.55. The summed E-state index contributed by atoms with van der Waals surface area (Å²) in [6.45, 7) is 0.710. The van der Waals surface area contributed by atoms with E-state index < -0.39 is 17.9 Å². The Labute approximate surface area is 197 Å². The molecule has 1 aromatic carbocycles. The van der Waals surface area contributed by atoms with E-state index in [1.807, 2.05) is 6.26 Å². The van der Waals surface area contributed by atoms with E-state index in [1.54, 1.807) is 11.8 Å². The van der Waals surface area contributed by atoms with Gasteiger partial charge >= 0.3 is 5.97 Å². The molecule has 0 radical (unpaired) electrons. The zero-order valence-corrected chi connectivity index (χ0v) is 20.1. The van der Waals surface area contributed by atoms with Crippen molar-refractivity contribution in [2.45, 2.75) is 50.7 Å². The lowest BCUT2D eigenvalue weighted by Gasteiger charge is -2.14. The Bertz CT molecular complexity index is 772. The Morgan fingerprint density at radius 1 is 1.16 bits per heavy atom. The van der Waals surface area contributed by atoms with Crippen LogP contribution in [0.3, 0.4) is 0 Å². The molecule has 0 spiro atoms. The monoisotopic (exact) mass is 483 g/mol. The predicted molar refractivity (Wildman–Crippen MR) is 132 cm³/mol. The third-order valence-electron chi connectivity index (χ3n) is 5.02. The highest BCUT2D eigenvalue weighted by Crippen LogP contribution is 2.22. The van der Waals surface area contributed by atoms with E-state index in [0.29, 0.717) is 24.8 Å². The third kappa shape index (κ3) is 9.81. The number of benzene rings is 1. The molecule has 1 saturated carbocycles. The Kier molecular flexibility index (Phi) is 11.9.